The quantitative estimate of drug-likeness (QED) is 0.554. The number of sulfonamides is 1. The highest BCUT2D eigenvalue weighted by molar-refractivity contribution is 7.93. The Balaban J connectivity index is 1.63. The topological polar surface area (TPSA) is 107 Å². The van der Waals surface area contributed by atoms with Gasteiger partial charge in [-0.1, -0.05) is 0 Å². The summed E-state index contributed by atoms with van der Waals surface area (Å²) < 4.78 is 39.7. The summed E-state index contributed by atoms with van der Waals surface area (Å²) >= 11 is 1.25. The first-order valence-electron chi connectivity index (χ1n) is 9.99. The van der Waals surface area contributed by atoms with Crippen molar-refractivity contribution in [3.8, 4) is 22.8 Å². The third-order valence-corrected chi connectivity index (χ3v) is 7.46. The first kappa shape index (κ1) is 22.1. The van der Waals surface area contributed by atoms with Gasteiger partial charge in [-0.25, -0.2) is 13.4 Å². The van der Waals surface area contributed by atoms with E-state index in [0.717, 1.165) is 16.0 Å². The van der Waals surface area contributed by atoms with Crippen molar-refractivity contribution < 1.29 is 22.7 Å². The van der Waals surface area contributed by atoms with E-state index in [2.05, 4.69) is 15.0 Å². The maximum absolute atomic E-state index is 13.1. The number of carbonyl (C=O) groups excluding carboxylic acids is 1. The van der Waals surface area contributed by atoms with Crippen molar-refractivity contribution in [1.29, 1.82) is 0 Å². The van der Waals surface area contributed by atoms with Crippen LogP contribution in [0.25, 0.3) is 11.3 Å². The van der Waals surface area contributed by atoms with Crippen LogP contribution in [0.3, 0.4) is 0 Å². The monoisotopic (exact) mass is 473 g/mol. The Bertz CT molecular complexity index is 1320. The molecule has 0 spiro atoms. The Morgan fingerprint density at radius 2 is 1.97 bits per heavy atom. The fraction of sp³-hybridized carbons (Fsp3) is 0.273. The van der Waals surface area contributed by atoms with Crippen LogP contribution in [0, 0.1) is 20.8 Å². The molecular formula is C22H23N3O5S2. The van der Waals surface area contributed by atoms with Gasteiger partial charge in [0.25, 0.3) is 15.9 Å². The summed E-state index contributed by atoms with van der Waals surface area (Å²) in [5, 5.41) is 3.04. The summed E-state index contributed by atoms with van der Waals surface area (Å²) in [6, 6.07) is 8.70. The Kier molecular flexibility index (Phi) is 5.83. The Labute approximate surface area is 190 Å². The van der Waals surface area contributed by atoms with Crippen molar-refractivity contribution in [1.82, 2.24) is 4.98 Å². The Morgan fingerprint density at radius 1 is 1.19 bits per heavy atom. The molecule has 2 aromatic carbocycles. The predicted octanol–water partition coefficient (Wildman–Crippen LogP) is 4.27. The Hall–Kier alpha value is -3.11. The minimum Gasteiger partial charge on any atom is -0.494 e. The number of amides is 1. The highest BCUT2D eigenvalue weighted by Gasteiger charge is 2.23. The lowest BCUT2D eigenvalue weighted by molar-refractivity contribution is -0.118. The number of ether oxygens (including phenoxy) is 2. The molecule has 1 aliphatic heterocycles. The molecule has 8 nitrogen and oxygen atoms in total. The van der Waals surface area contributed by atoms with Gasteiger partial charge in [-0.2, -0.15) is 0 Å². The summed E-state index contributed by atoms with van der Waals surface area (Å²) in [7, 11) is -3.84. The number of hydrogen-bond donors (Lipinski definition) is 2. The van der Waals surface area contributed by atoms with Crippen LogP contribution < -0.4 is 19.5 Å². The third-order valence-electron chi connectivity index (χ3n) is 4.97. The molecule has 4 rings (SSSR count). The zero-order valence-corrected chi connectivity index (χ0v) is 19.7. The average molecular weight is 474 g/mol. The van der Waals surface area contributed by atoms with Crippen LogP contribution in [-0.2, 0) is 14.8 Å². The standard InChI is InChI=1S/C22H23N3O5S2/c1-5-29-18-8-13(3)19(9-12(18)2)32(27,28)25-22-24-21(14(4)31-22)15-6-7-17-16(10-15)23-20(26)11-30-17/h6-10H,5,11H2,1-4H3,(H,23,26)(H,24,25). The van der Waals surface area contributed by atoms with E-state index in [-0.39, 0.29) is 22.5 Å². The van der Waals surface area contributed by atoms with Crippen LogP contribution in [0.2, 0.25) is 0 Å². The molecule has 0 saturated carbocycles. The number of nitrogens with one attached hydrogen (secondary N) is 2. The summed E-state index contributed by atoms with van der Waals surface area (Å²) in [4.78, 5) is 17.1. The van der Waals surface area contributed by atoms with E-state index in [1.807, 2.05) is 26.8 Å². The maximum Gasteiger partial charge on any atom is 0.263 e. The number of aromatic nitrogens is 1. The van der Waals surface area contributed by atoms with Gasteiger partial charge in [0, 0.05) is 10.4 Å². The van der Waals surface area contributed by atoms with Crippen LogP contribution in [-0.4, -0.2) is 32.5 Å². The SMILES string of the molecule is CCOc1cc(C)c(S(=O)(=O)Nc2nc(-c3ccc4c(c3)NC(=O)CO4)c(C)s2)cc1C. The van der Waals surface area contributed by atoms with Crippen LogP contribution in [0.15, 0.2) is 35.2 Å². The molecule has 168 valence electrons. The van der Waals surface area contributed by atoms with E-state index in [1.165, 1.54) is 11.3 Å². The molecule has 3 aromatic rings. The van der Waals surface area contributed by atoms with Gasteiger partial charge in [-0.05, 0) is 69.2 Å². The van der Waals surface area contributed by atoms with Gasteiger partial charge in [0.1, 0.15) is 11.5 Å². The van der Waals surface area contributed by atoms with E-state index in [4.69, 9.17) is 9.47 Å². The molecule has 2 heterocycles. The van der Waals surface area contributed by atoms with Gasteiger partial charge in [-0.3, -0.25) is 9.52 Å². The molecule has 0 unspecified atom stereocenters. The molecule has 1 aliphatic rings. The van der Waals surface area contributed by atoms with Crippen molar-refractivity contribution in [2.75, 3.05) is 23.3 Å². The number of aryl methyl sites for hydroxylation is 3. The highest BCUT2D eigenvalue weighted by Crippen LogP contribution is 2.37. The fourth-order valence-corrected chi connectivity index (χ4v) is 5.86. The molecule has 0 fully saturated rings. The van der Waals surface area contributed by atoms with Gasteiger partial charge in [0.2, 0.25) is 0 Å². The first-order valence-corrected chi connectivity index (χ1v) is 12.3. The summed E-state index contributed by atoms with van der Waals surface area (Å²) in [5.74, 6) is 1.03. The first-order chi connectivity index (χ1) is 15.2. The zero-order valence-electron chi connectivity index (χ0n) is 18.1. The number of nitrogens with zero attached hydrogens (tertiary/aromatic N) is 1. The molecule has 0 radical (unpaired) electrons. The molecule has 10 heteroatoms. The van der Waals surface area contributed by atoms with Crippen LogP contribution >= 0.6 is 11.3 Å². The van der Waals surface area contributed by atoms with Crippen molar-refractivity contribution >= 4 is 38.1 Å². The second-order valence-electron chi connectivity index (χ2n) is 7.39. The van der Waals surface area contributed by atoms with Crippen LogP contribution in [0.1, 0.15) is 22.9 Å². The molecule has 2 N–H and O–H groups in total. The van der Waals surface area contributed by atoms with E-state index in [9.17, 15) is 13.2 Å². The van der Waals surface area contributed by atoms with Crippen molar-refractivity contribution in [3.63, 3.8) is 0 Å². The number of carbonyl (C=O) groups is 1. The van der Waals surface area contributed by atoms with E-state index < -0.39 is 10.0 Å². The van der Waals surface area contributed by atoms with Crippen molar-refractivity contribution in [2.45, 2.75) is 32.6 Å². The van der Waals surface area contributed by atoms with Gasteiger partial charge < -0.3 is 14.8 Å². The molecule has 1 amide bonds. The second kappa shape index (κ2) is 8.44. The van der Waals surface area contributed by atoms with Gasteiger partial charge in [-0.15, -0.1) is 11.3 Å². The molecule has 32 heavy (non-hydrogen) atoms. The number of anilines is 2. The largest absolute Gasteiger partial charge is 0.494 e. The van der Waals surface area contributed by atoms with Gasteiger partial charge in [0.15, 0.2) is 11.7 Å². The lowest BCUT2D eigenvalue weighted by Crippen LogP contribution is -2.25. The summed E-state index contributed by atoms with van der Waals surface area (Å²) in [6.45, 7) is 7.79. The average Bonchev–Trinajstić information content (AvgIpc) is 3.09. The summed E-state index contributed by atoms with van der Waals surface area (Å²) in [6.07, 6.45) is 0. The predicted molar refractivity (Wildman–Crippen MR) is 124 cm³/mol. The van der Waals surface area contributed by atoms with Crippen LogP contribution in [0.4, 0.5) is 10.8 Å². The minimum absolute atomic E-state index is 0.0154. The number of hydrogen-bond acceptors (Lipinski definition) is 7. The van der Waals surface area contributed by atoms with E-state index in [0.29, 0.717) is 35.1 Å². The van der Waals surface area contributed by atoms with Crippen LogP contribution in [0.5, 0.6) is 11.5 Å². The maximum atomic E-state index is 13.1. The lowest BCUT2D eigenvalue weighted by Gasteiger charge is -2.18. The van der Waals surface area contributed by atoms with Crippen molar-refractivity contribution in [3.05, 3.63) is 46.3 Å². The molecule has 0 atom stereocenters. The second-order valence-corrected chi connectivity index (χ2v) is 10.2. The highest BCUT2D eigenvalue weighted by atomic mass is 32.2. The molecular weight excluding hydrogens is 450 g/mol. The van der Waals surface area contributed by atoms with E-state index >= 15 is 0 Å². The normalized spacial score (nSPS) is 13.2. The van der Waals surface area contributed by atoms with Gasteiger partial charge in [0.05, 0.1) is 22.9 Å². The molecule has 1 aromatic heterocycles. The molecule has 0 bridgehead atoms. The van der Waals surface area contributed by atoms with Crippen molar-refractivity contribution in [2.24, 2.45) is 0 Å². The summed E-state index contributed by atoms with van der Waals surface area (Å²) in [5.41, 5.74) is 3.28. The number of benzene rings is 2. The number of thiazole rings is 1. The number of fused-ring (bicyclic) bond motifs is 1. The van der Waals surface area contributed by atoms with Gasteiger partial charge >= 0.3 is 0 Å². The minimum atomic E-state index is -3.84. The smallest absolute Gasteiger partial charge is 0.263 e. The third kappa shape index (κ3) is 4.28. The number of rotatable bonds is 6. The Morgan fingerprint density at radius 3 is 2.72 bits per heavy atom. The molecule has 0 saturated heterocycles. The fourth-order valence-electron chi connectivity index (χ4n) is 3.47. The van der Waals surface area contributed by atoms with E-state index in [1.54, 1.807) is 31.2 Å². The zero-order chi connectivity index (χ0) is 23.0. The molecule has 0 aliphatic carbocycles. The lowest BCUT2D eigenvalue weighted by atomic mass is 10.1.